The van der Waals surface area contributed by atoms with Gasteiger partial charge < -0.3 is 19.9 Å². The van der Waals surface area contributed by atoms with Gasteiger partial charge in [-0.2, -0.15) is 0 Å². The number of anilines is 1. The Morgan fingerprint density at radius 3 is 2.55 bits per heavy atom. The monoisotopic (exact) mass is 545 g/mol. The summed E-state index contributed by atoms with van der Waals surface area (Å²) in [6.07, 6.45) is 2.50. The van der Waals surface area contributed by atoms with Crippen LogP contribution in [0.15, 0.2) is 72.2 Å². The molecule has 2 heterocycles. The fraction of sp³-hybridized carbons (Fsp3) is 0.231. The molecule has 0 saturated heterocycles. The number of nitrogens with one attached hydrogen (secondary N) is 2. The Balaban J connectivity index is 0.00000400. The average molecular weight is 546 g/mol. The van der Waals surface area contributed by atoms with Crippen molar-refractivity contribution in [2.75, 3.05) is 12.0 Å². The summed E-state index contributed by atoms with van der Waals surface area (Å²) in [6, 6.07) is 11.8. The number of amides is 3. The van der Waals surface area contributed by atoms with Crippen LogP contribution in [0.4, 0.5) is 19.3 Å². The molecule has 1 unspecified atom stereocenters. The van der Waals surface area contributed by atoms with Crippen molar-refractivity contribution in [2.24, 2.45) is 0 Å². The number of rotatable bonds is 8. The van der Waals surface area contributed by atoms with Gasteiger partial charge in [-0.1, -0.05) is 30.3 Å². The van der Waals surface area contributed by atoms with E-state index in [2.05, 4.69) is 15.6 Å². The molecule has 1 aliphatic rings. The maximum atomic E-state index is 14.2. The number of nitrogens with zero attached hydrogens (tertiary/aromatic N) is 3. The molecular weight excluding hydrogens is 520 g/mol. The number of methoxy groups -OCH3 is 1. The topological polar surface area (TPSA) is 106 Å². The predicted octanol–water partition coefficient (Wildman–Crippen LogP) is 4.15. The van der Waals surface area contributed by atoms with Gasteiger partial charge in [-0.05, 0) is 25.5 Å². The normalized spacial score (nSPS) is 14.7. The molecule has 0 bridgehead atoms. The Hall–Kier alpha value is -4.25. The van der Waals surface area contributed by atoms with Crippen LogP contribution >= 0.6 is 12.4 Å². The molecule has 0 spiro atoms. The van der Waals surface area contributed by atoms with E-state index in [1.165, 1.54) is 13.0 Å². The number of carbonyl (C=O) groups excluding carboxylic acids is 3. The van der Waals surface area contributed by atoms with Gasteiger partial charge in [0.15, 0.2) is 11.6 Å². The second kappa shape index (κ2) is 12.3. The number of benzene rings is 2. The zero-order chi connectivity index (χ0) is 26.5. The van der Waals surface area contributed by atoms with Crippen molar-refractivity contribution in [3.63, 3.8) is 0 Å². The minimum Gasteiger partial charge on any atom is -0.465 e. The van der Waals surface area contributed by atoms with E-state index in [4.69, 9.17) is 4.74 Å². The number of aromatic nitrogens is 2. The van der Waals surface area contributed by atoms with Gasteiger partial charge in [0.05, 0.1) is 12.7 Å². The van der Waals surface area contributed by atoms with Crippen molar-refractivity contribution in [2.45, 2.75) is 32.5 Å². The fourth-order valence-electron chi connectivity index (χ4n) is 4.17. The van der Waals surface area contributed by atoms with E-state index >= 15 is 0 Å². The highest BCUT2D eigenvalue weighted by Crippen LogP contribution is 2.27. The van der Waals surface area contributed by atoms with E-state index in [-0.39, 0.29) is 35.8 Å². The maximum Gasteiger partial charge on any atom is 0.339 e. The molecule has 38 heavy (non-hydrogen) atoms. The molecule has 0 aliphatic carbocycles. The molecule has 0 fully saturated rings. The highest BCUT2D eigenvalue weighted by atomic mass is 35.5. The lowest BCUT2D eigenvalue weighted by Gasteiger charge is -2.36. The summed E-state index contributed by atoms with van der Waals surface area (Å²) in [6.45, 7) is 1.93. The number of esters is 1. The van der Waals surface area contributed by atoms with E-state index in [1.807, 2.05) is 34.9 Å². The van der Waals surface area contributed by atoms with Gasteiger partial charge in [-0.15, -0.1) is 12.4 Å². The lowest BCUT2D eigenvalue weighted by Crippen LogP contribution is -2.59. The molecule has 200 valence electrons. The molecule has 1 aromatic heterocycles. The van der Waals surface area contributed by atoms with E-state index in [0.717, 1.165) is 35.5 Å². The summed E-state index contributed by atoms with van der Waals surface area (Å²) in [4.78, 5) is 43.8. The van der Waals surface area contributed by atoms with Gasteiger partial charge in [-0.25, -0.2) is 23.4 Å². The van der Waals surface area contributed by atoms with Crippen LogP contribution in [0, 0.1) is 11.6 Å². The second-order valence-electron chi connectivity index (χ2n) is 8.31. The number of allylic oxidation sites excluding steroid dienone is 1. The number of hydrogen-bond donors (Lipinski definition) is 2. The fourth-order valence-corrected chi connectivity index (χ4v) is 4.17. The zero-order valence-corrected chi connectivity index (χ0v) is 21.4. The van der Waals surface area contributed by atoms with Gasteiger partial charge in [0.1, 0.15) is 12.0 Å². The molecular formula is C26H26ClF2N5O4. The lowest BCUT2D eigenvalue weighted by atomic mass is 10.1. The molecule has 1 atom stereocenters. The number of hydrogen-bond acceptors (Lipinski definition) is 5. The molecule has 0 saturated carbocycles. The van der Waals surface area contributed by atoms with E-state index in [1.54, 1.807) is 12.4 Å². The highest BCUT2D eigenvalue weighted by Gasteiger charge is 2.38. The van der Waals surface area contributed by atoms with Gasteiger partial charge in [0, 0.05) is 48.4 Å². The zero-order valence-electron chi connectivity index (χ0n) is 20.6. The van der Waals surface area contributed by atoms with Crippen molar-refractivity contribution in [3.8, 4) is 11.4 Å². The number of imidazole rings is 1. The summed E-state index contributed by atoms with van der Waals surface area (Å²) < 4.78 is 34.6. The van der Waals surface area contributed by atoms with Crippen LogP contribution in [0.5, 0.6) is 0 Å². The van der Waals surface area contributed by atoms with Crippen LogP contribution in [-0.4, -0.2) is 40.7 Å². The summed E-state index contributed by atoms with van der Waals surface area (Å²) in [7, 11) is 1.16. The van der Waals surface area contributed by atoms with Gasteiger partial charge in [-0.3, -0.25) is 9.69 Å². The Bertz CT molecular complexity index is 1360. The minimum atomic E-state index is -1.30. The van der Waals surface area contributed by atoms with Gasteiger partial charge >= 0.3 is 12.0 Å². The smallest absolute Gasteiger partial charge is 0.339 e. The molecule has 2 N–H and O–H groups in total. The summed E-state index contributed by atoms with van der Waals surface area (Å²) in [5.74, 6) is -2.85. The Kier molecular flexibility index (Phi) is 9.19. The number of halogens is 3. The van der Waals surface area contributed by atoms with Crippen molar-refractivity contribution in [1.82, 2.24) is 20.2 Å². The molecule has 1 aliphatic heterocycles. The maximum absolute atomic E-state index is 14.2. The molecule has 4 rings (SSSR count). The molecule has 0 radical (unpaired) electrons. The van der Waals surface area contributed by atoms with Crippen LogP contribution in [0.3, 0.4) is 0 Å². The first-order chi connectivity index (χ1) is 17.8. The van der Waals surface area contributed by atoms with Crippen molar-refractivity contribution in [1.29, 1.82) is 0 Å². The number of aryl methyl sites for hydroxylation is 1. The summed E-state index contributed by atoms with van der Waals surface area (Å²) >= 11 is 0. The molecule has 3 aromatic rings. The third kappa shape index (κ3) is 6.00. The van der Waals surface area contributed by atoms with E-state index < -0.39 is 35.7 Å². The Labute approximate surface area is 223 Å². The first-order valence-electron chi connectivity index (χ1n) is 11.5. The van der Waals surface area contributed by atoms with Crippen LogP contribution < -0.4 is 15.5 Å². The van der Waals surface area contributed by atoms with Gasteiger partial charge in [0.25, 0.3) is 0 Å². The van der Waals surface area contributed by atoms with Crippen LogP contribution in [0.25, 0.3) is 11.4 Å². The van der Waals surface area contributed by atoms with Crippen LogP contribution in [0.1, 0.15) is 19.8 Å². The number of urea groups is 1. The largest absolute Gasteiger partial charge is 0.465 e. The minimum absolute atomic E-state index is 0. The number of carbonyl (C=O) groups is 3. The first kappa shape index (κ1) is 28.3. The van der Waals surface area contributed by atoms with E-state index in [0.29, 0.717) is 13.0 Å². The average Bonchev–Trinajstić information content (AvgIpc) is 3.35. The first-order valence-corrected chi connectivity index (χ1v) is 11.5. The van der Waals surface area contributed by atoms with Crippen LogP contribution in [0.2, 0.25) is 0 Å². The SMILES string of the molecule is COC(=O)C1=C(C)NC(=O)NC1N(C(=O)CCCn1ccnc1-c1ccccc1)c1ccc(F)c(F)c1.Cl. The quantitative estimate of drug-likeness (QED) is 0.414. The van der Waals surface area contributed by atoms with E-state index in [9.17, 15) is 23.2 Å². The van der Waals surface area contributed by atoms with Crippen molar-refractivity contribution in [3.05, 3.63) is 83.8 Å². The van der Waals surface area contributed by atoms with Gasteiger partial charge in [0.2, 0.25) is 5.91 Å². The van der Waals surface area contributed by atoms with Crippen molar-refractivity contribution >= 4 is 36.0 Å². The third-order valence-electron chi connectivity index (χ3n) is 5.90. The molecule has 9 nitrogen and oxygen atoms in total. The molecule has 2 aromatic carbocycles. The van der Waals surface area contributed by atoms with Crippen LogP contribution in [-0.2, 0) is 20.9 Å². The van der Waals surface area contributed by atoms with Crippen molar-refractivity contribution < 1.29 is 27.9 Å². The summed E-state index contributed by atoms with van der Waals surface area (Å²) in [5.41, 5.74) is 1.02. The molecule has 3 amide bonds. The Morgan fingerprint density at radius 2 is 1.87 bits per heavy atom. The lowest BCUT2D eigenvalue weighted by molar-refractivity contribution is -0.136. The Morgan fingerprint density at radius 1 is 1.13 bits per heavy atom. The number of ether oxygens (including phenoxy) is 1. The second-order valence-corrected chi connectivity index (χ2v) is 8.31. The highest BCUT2D eigenvalue weighted by molar-refractivity contribution is 6.01. The third-order valence-corrected chi connectivity index (χ3v) is 5.90. The molecule has 12 heteroatoms. The summed E-state index contributed by atoms with van der Waals surface area (Å²) in [5, 5.41) is 5.00. The predicted molar refractivity (Wildman–Crippen MR) is 138 cm³/mol. The standard InChI is InChI=1S/C26H25F2N5O4.ClH/c1-16-22(25(35)37-2)24(31-26(36)30-16)33(18-10-11-19(27)20(28)15-18)21(34)9-6-13-32-14-12-29-23(32)17-7-4-3-5-8-17;/h3-5,7-8,10-12,14-15,24H,6,9,13H2,1-2H3,(H2,30,31,36);1H.